The van der Waals surface area contributed by atoms with Crippen LogP contribution in [0.1, 0.15) is 12.0 Å². The number of aromatic nitrogens is 1. The second-order valence-electron chi connectivity index (χ2n) is 6.36. The number of rotatable bonds is 6. The van der Waals surface area contributed by atoms with E-state index in [9.17, 15) is 9.59 Å². The van der Waals surface area contributed by atoms with Crippen LogP contribution in [0.4, 0.5) is 5.82 Å². The van der Waals surface area contributed by atoms with E-state index in [2.05, 4.69) is 22.4 Å². The zero-order valence-electron chi connectivity index (χ0n) is 15.3. The fourth-order valence-corrected chi connectivity index (χ4v) is 6.20. The van der Waals surface area contributed by atoms with Gasteiger partial charge >= 0.3 is 186 Å². The van der Waals surface area contributed by atoms with Crippen molar-refractivity contribution in [1.82, 2.24) is 10.3 Å². The predicted molar refractivity (Wildman–Crippen MR) is 99.8 cm³/mol. The molecule has 1 aromatic heterocycles. The molecule has 0 saturated carbocycles. The second kappa shape index (κ2) is 9.62. The topological polar surface area (TPSA) is 71.5 Å². The van der Waals surface area contributed by atoms with Crippen molar-refractivity contribution in [1.29, 1.82) is 0 Å². The Labute approximate surface area is 185 Å². The van der Waals surface area contributed by atoms with Gasteiger partial charge in [0.05, 0.1) is 0 Å². The van der Waals surface area contributed by atoms with Crippen LogP contribution in [0.15, 0.2) is 48.7 Å². The number of hydrogen-bond acceptors (Lipinski definition) is 4. The van der Waals surface area contributed by atoms with E-state index >= 15 is 0 Å². The molecule has 8 heteroatoms. The predicted octanol–water partition coefficient (Wildman–Crippen LogP) is 0.993. The van der Waals surface area contributed by atoms with Gasteiger partial charge in [0, 0.05) is 0 Å². The van der Waals surface area contributed by atoms with Crippen molar-refractivity contribution in [2.45, 2.75) is 18.9 Å². The Hall–Kier alpha value is -1.77. The molecule has 144 valence electrons. The molecule has 2 heterocycles. The van der Waals surface area contributed by atoms with Crippen LogP contribution in [0.2, 0.25) is 0 Å². The molecule has 1 aliphatic heterocycles. The molecule has 3 rings (SSSR count). The summed E-state index contributed by atoms with van der Waals surface area (Å²) in [5.74, 6) is 0.587. The maximum absolute atomic E-state index is 12.7. The molecule has 28 heavy (non-hydrogen) atoms. The fraction of sp³-hybridized carbons (Fsp3) is 0.250. The van der Waals surface area contributed by atoms with Crippen molar-refractivity contribution in [2.24, 2.45) is 0 Å². The molecule has 1 N–H and O–H groups in total. The Bertz CT molecular complexity index is 918. The molecule has 0 saturated heterocycles. The fourth-order valence-electron chi connectivity index (χ4n) is 2.82. The summed E-state index contributed by atoms with van der Waals surface area (Å²) in [7, 11) is 1.64. The van der Waals surface area contributed by atoms with Crippen LogP contribution < -0.4 is 15.0 Å². The molecule has 0 aliphatic carbocycles. The zero-order valence-corrected chi connectivity index (χ0v) is 21.1. The van der Waals surface area contributed by atoms with E-state index in [1.54, 1.807) is 25.4 Å². The monoisotopic (exact) mass is 717 g/mol. The Balaban J connectivity index is 1.59. The Kier molecular flexibility index (Phi) is 7.20. The summed E-state index contributed by atoms with van der Waals surface area (Å²) < 4.78 is 7.77. The molecular weight excluding hydrogens is 698 g/mol. The van der Waals surface area contributed by atoms with Crippen LogP contribution >= 0.6 is 0 Å². The first-order valence-electron chi connectivity index (χ1n) is 8.70. The zero-order chi connectivity index (χ0) is 20.1. The maximum atomic E-state index is 12.7. The Morgan fingerprint density at radius 2 is 2.00 bits per heavy atom. The molecule has 1 aromatic carbocycles. The summed E-state index contributed by atoms with van der Waals surface area (Å²) >= 11 is 2.49. The number of hydrogen-bond donors (Lipinski definition) is 1. The van der Waals surface area contributed by atoms with Crippen LogP contribution in [0.3, 0.4) is 0 Å². The van der Waals surface area contributed by atoms with Crippen LogP contribution in [0.5, 0.6) is 5.75 Å². The number of nitrogens with zero attached hydrogens (tertiary/aromatic N) is 2. The minimum atomic E-state index is -0.733. The van der Waals surface area contributed by atoms with Gasteiger partial charge in [0.1, 0.15) is 0 Å². The Morgan fingerprint density at radius 3 is 2.75 bits per heavy atom. The van der Waals surface area contributed by atoms with Crippen molar-refractivity contribution in [3.05, 3.63) is 54.2 Å². The minimum absolute atomic E-state index is 0.0915. The first-order chi connectivity index (χ1) is 13.5. The van der Waals surface area contributed by atoms with Gasteiger partial charge in [-0.2, -0.15) is 0 Å². The average Bonchev–Trinajstić information content (AvgIpc) is 2.81. The molecule has 1 unspecified atom stereocenters. The first kappa shape index (κ1) is 20.9. The molecule has 1 atom stereocenters. The number of ether oxygens (including phenoxy) is 1. The van der Waals surface area contributed by atoms with Crippen molar-refractivity contribution in [2.75, 3.05) is 18.6 Å². The number of nitrogens with one attached hydrogen (secondary N) is 1. The summed E-state index contributed by atoms with van der Waals surface area (Å²) in [6.45, 7) is 0.0915. The number of pyridine rings is 1. The summed E-state index contributed by atoms with van der Waals surface area (Å²) in [5.41, 5.74) is 1.25. The molecule has 2 aromatic rings. The van der Waals surface area contributed by atoms with Gasteiger partial charge in [0.25, 0.3) is 0 Å². The van der Waals surface area contributed by atoms with E-state index in [0.29, 0.717) is 18.0 Å². The standard InChI is InChI=1S/C20H19N3O3.2W/c1-23-19-17(11-7-13-21-19)26-14-16(20(23)25)22-18(24)12-6-5-10-15-8-3-2-4-9-15;;/h2-4,7-9,11,13,16H,6,10,14H2,1H3,(H,22,24);;. The van der Waals surface area contributed by atoms with E-state index in [1.807, 2.05) is 18.2 Å². The van der Waals surface area contributed by atoms with Gasteiger partial charge < -0.3 is 0 Å². The molecule has 0 radical (unpaired) electrons. The number of anilines is 1. The first-order valence-corrected chi connectivity index (χ1v) is 11.6. The molecule has 0 spiro atoms. The number of amides is 2. The summed E-state index contributed by atoms with van der Waals surface area (Å²) in [6.07, 6.45) is 3.14. The number of carbonyl (C=O) groups is 2. The van der Waals surface area contributed by atoms with Crippen molar-refractivity contribution in [3.63, 3.8) is 0 Å². The number of likely N-dealkylation sites (N-methyl/N-ethyl adjacent to an activating group) is 1. The van der Waals surface area contributed by atoms with E-state index < -0.39 is 6.04 Å². The van der Waals surface area contributed by atoms with Crippen molar-refractivity contribution >= 4 is 25.4 Å². The third-order valence-electron chi connectivity index (χ3n) is 4.26. The second-order valence-corrected chi connectivity index (χ2v) is 10.2. The summed E-state index contributed by atoms with van der Waals surface area (Å²) in [5, 5.41) is 2.84. The summed E-state index contributed by atoms with van der Waals surface area (Å²) in [6, 6.07) is 13.0. The van der Waals surface area contributed by atoms with E-state index in [-0.39, 0.29) is 18.4 Å². The number of fused-ring (bicyclic) bond motifs is 1. The van der Waals surface area contributed by atoms with Crippen LogP contribution in [0, 0.1) is 0 Å². The Morgan fingerprint density at radius 1 is 1.25 bits per heavy atom. The van der Waals surface area contributed by atoms with Crippen LogP contribution in [-0.2, 0) is 54.7 Å². The van der Waals surface area contributed by atoms with Crippen molar-refractivity contribution in [3.8, 4) is 5.75 Å². The van der Waals surface area contributed by atoms with Gasteiger partial charge in [-0.15, -0.1) is 0 Å². The molecule has 6 nitrogen and oxygen atoms in total. The van der Waals surface area contributed by atoms with E-state index in [4.69, 9.17) is 4.74 Å². The van der Waals surface area contributed by atoms with Gasteiger partial charge in [0.2, 0.25) is 0 Å². The normalized spacial score (nSPS) is 15.8. The van der Waals surface area contributed by atoms with Crippen molar-refractivity contribution < 1.29 is 53.0 Å². The van der Waals surface area contributed by atoms with E-state index in [0.717, 1.165) is 29.7 Å². The van der Waals surface area contributed by atoms with Gasteiger partial charge in [-0.1, -0.05) is 0 Å². The number of carbonyl (C=O) groups excluding carboxylic acids is 2. The van der Waals surface area contributed by atoms with Crippen LogP contribution in [0.25, 0.3) is 0 Å². The molecule has 0 fully saturated rings. The van der Waals surface area contributed by atoms with Gasteiger partial charge in [-0.25, -0.2) is 0 Å². The van der Waals surface area contributed by atoms with Gasteiger partial charge in [-0.05, 0) is 0 Å². The van der Waals surface area contributed by atoms with Crippen LogP contribution in [-0.4, -0.2) is 44.3 Å². The third-order valence-corrected chi connectivity index (χ3v) is 6.48. The molecular formula is C20H19N3O3W2. The number of benzene rings is 1. The van der Waals surface area contributed by atoms with Gasteiger partial charge in [-0.3, -0.25) is 0 Å². The van der Waals surface area contributed by atoms with Gasteiger partial charge in [0.15, 0.2) is 0 Å². The van der Waals surface area contributed by atoms with E-state index in [1.165, 1.54) is 33.7 Å². The summed E-state index contributed by atoms with van der Waals surface area (Å²) in [4.78, 5) is 31.0. The molecule has 0 bridgehead atoms. The molecule has 1 aliphatic rings. The average molecular weight is 717 g/mol. The third kappa shape index (κ3) is 5.18. The quantitative estimate of drug-likeness (QED) is 0.485. The molecule has 2 amide bonds. The SMILES string of the molecule is CN1C(=O)C(NC(=O)[C](=[W])C[C](=[W])Cc2ccccc2)COc2cccnc21.